The number of hydrogen-bond acceptors (Lipinski definition) is 3. The van der Waals surface area contributed by atoms with Gasteiger partial charge in [0.15, 0.2) is 0 Å². The van der Waals surface area contributed by atoms with Gasteiger partial charge in [0.1, 0.15) is 11.5 Å². The highest BCUT2D eigenvalue weighted by Gasteiger charge is 2.36. The van der Waals surface area contributed by atoms with E-state index in [4.69, 9.17) is 0 Å². The zero-order chi connectivity index (χ0) is 13.6. The smallest absolute Gasteiger partial charge is 0.357 e. The van der Waals surface area contributed by atoms with E-state index in [0.717, 1.165) is 11.8 Å². The Balaban J connectivity index is 1.97. The average Bonchev–Trinajstić information content (AvgIpc) is 2.92. The number of aromatic nitrogens is 3. The summed E-state index contributed by atoms with van der Waals surface area (Å²) in [5.41, 5.74) is 1.12. The fourth-order valence-corrected chi connectivity index (χ4v) is 1.93. The van der Waals surface area contributed by atoms with Gasteiger partial charge >= 0.3 is 6.18 Å². The molecule has 0 bridgehead atoms. The van der Waals surface area contributed by atoms with Crippen LogP contribution in [-0.4, -0.2) is 20.9 Å². The Labute approximate surface area is 105 Å². The van der Waals surface area contributed by atoms with Crippen LogP contribution in [0.3, 0.4) is 0 Å². The number of amides is 1. The van der Waals surface area contributed by atoms with E-state index < -0.39 is 17.9 Å². The lowest BCUT2D eigenvalue weighted by Crippen LogP contribution is -2.26. The van der Waals surface area contributed by atoms with Crippen molar-refractivity contribution in [1.82, 2.24) is 15.0 Å². The summed E-state index contributed by atoms with van der Waals surface area (Å²) in [4.78, 5) is 22.5. The highest BCUT2D eigenvalue weighted by atomic mass is 19.4. The zero-order valence-corrected chi connectivity index (χ0v) is 9.40. The molecule has 8 heteroatoms. The molecule has 1 amide bonds. The van der Waals surface area contributed by atoms with Gasteiger partial charge in [-0.15, -0.1) is 0 Å². The van der Waals surface area contributed by atoms with Gasteiger partial charge in [-0.3, -0.25) is 9.69 Å². The normalized spacial score (nSPS) is 14.9. The molecular weight excluding hydrogens is 261 g/mol. The maximum Gasteiger partial charge on any atom is 0.451 e. The van der Waals surface area contributed by atoms with Crippen molar-refractivity contribution >= 4 is 11.7 Å². The number of fused-ring (bicyclic) bond motifs is 1. The summed E-state index contributed by atoms with van der Waals surface area (Å²) in [5.74, 6) is -1.71. The number of halogens is 3. The van der Waals surface area contributed by atoms with Crippen molar-refractivity contribution in [2.75, 3.05) is 4.90 Å². The van der Waals surface area contributed by atoms with Crippen LogP contribution in [0.5, 0.6) is 0 Å². The van der Waals surface area contributed by atoms with E-state index >= 15 is 0 Å². The molecule has 0 saturated heterocycles. The van der Waals surface area contributed by atoms with Gasteiger partial charge in [-0.2, -0.15) is 13.2 Å². The Morgan fingerprint density at radius 2 is 2.11 bits per heavy atom. The molecule has 0 spiro atoms. The summed E-state index contributed by atoms with van der Waals surface area (Å²) >= 11 is 0. The number of hydrogen-bond donors (Lipinski definition) is 1. The van der Waals surface area contributed by atoms with Crippen LogP contribution >= 0.6 is 0 Å². The van der Waals surface area contributed by atoms with Crippen LogP contribution in [-0.2, 0) is 12.7 Å². The van der Waals surface area contributed by atoms with Gasteiger partial charge in [0.25, 0.3) is 5.91 Å². The van der Waals surface area contributed by atoms with Crippen molar-refractivity contribution < 1.29 is 18.0 Å². The number of H-pyrrole nitrogens is 1. The van der Waals surface area contributed by atoms with Crippen molar-refractivity contribution in [3.05, 3.63) is 41.6 Å². The molecule has 1 aliphatic heterocycles. The summed E-state index contributed by atoms with van der Waals surface area (Å²) in [5, 5.41) is 0. The summed E-state index contributed by atoms with van der Waals surface area (Å²) < 4.78 is 37.6. The molecule has 0 atom stereocenters. The number of nitrogens with zero attached hydrogens (tertiary/aromatic N) is 3. The Kier molecular flexibility index (Phi) is 2.34. The summed E-state index contributed by atoms with van der Waals surface area (Å²) in [6.45, 7) is 0.200. The summed E-state index contributed by atoms with van der Waals surface area (Å²) in [6.07, 6.45) is -2.03. The quantitative estimate of drug-likeness (QED) is 0.860. The van der Waals surface area contributed by atoms with Crippen molar-refractivity contribution in [2.24, 2.45) is 0 Å². The molecule has 0 radical (unpaired) electrons. The van der Waals surface area contributed by atoms with Gasteiger partial charge in [0.05, 0.1) is 6.54 Å². The van der Waals surface area contributed by atoms with E-state index in [2.05, 4.69) is 15.0 Å². The molecule has 5 nitrogen and oxygen atoms in total. The molecule has 2 aromatic rings. The van der Waals surface area contributed by atoms with Crippen LogP contribution in [0.1, 0.15) is 21.9 Å². The Morgan fingerprint density at radius 3 is 2.79 bits per heavy atom. The molecule has 0 aliphatic carbocycles. The topological polar surface area (TPSA) is 61.9 Å². The van der Waals surface area contributed by atoms with Crippen LogP contribution in [0, 0.1) is 0 Å². The third kappa shape index (κ3) is 1.85. The van der Waals surface area contributed by atoms with Crippen molar-refractivity contribution in [1.29, 1.82) is 0 Å². The van der Waals surface area contributed by atoms with Gasteiger partial charge in [-0.1, -0.05) is 0 Å². The molecule has 1 N–H and O–H groups in total. The van der Waals surface area contributed by atoms with Crippen LogP contribution < -0.4 is 4.90 Å². The van der Waals surface area contributed by atoms with E-state index in [-0.39, 0.29) is 12.4 Å². The maximum atomic E-state index is 12.5. The second kappa shape index (κ2) is 3.81. The molecule has 0 saturated carbocycles. The number of rotatable bonds is 1. The molecule has 0 aromatic carbocycles. The highest BCUT2D eigenvalue weighted by molar-refractivity contribution is 6.08. The predicted octanol–water partition coefficient (Wildman–Crippen LogP) is 1.98. The van der Waals surface area contributed by atoms with Crippen LogP contribution in [0.2, 0.25) is 0 Å². The molecular formula is C11H7F3N4O. The lowest BCUT2D eigenvalue weighted by molar-refractivity contribution is -0.144. The Morgan fingerprint density at radius 1 is 1.32 bits per heavy atom. The zero-order valence-electron chi connectivity index (χ0n) is 9.40. The van der Waals surface area contributed by atoms with E-state index in [1.165, 1.54) is 11.0 Å². The predicted molar refractivity (Wildman–Crippen MR) is 58.3 cm³/mol. The van der Waals surface area contributed by atoms with Crippen molar-refractivity contribution in [2.45, 2.75) is 12.7 Å². The van der Waals surface area contributed by atoms with Gasteiger partial charge in [0.2, 0.25) is 5.82 Å². The third-order valence-electron chi connectivity index (χ3n) is 2.79. The standard InChI is InChI=1S/C11H7F3N4O/c12-11(13,14)10-16-4-2-7(17-10)18-5-6-1-3-15-8(6)9(18)19/h1-4,15H,5H2. The van der Waals surface area contributed by atoms with Gasteiger partial charge in [-0.05, 0) is 12.1 Å². The minimum absolute atomic E-state index is 0.0584. The lowest BCUT2D eigenvalue weighted by atomic mass is 10.3. The number of carbonyl (C=O) groups is 1. The fourth-order valence-electron chi connectivity index (χ4n) is 1.93. The second-order valence-electron chi connectivity index (χ2n) is 4.01. The first kappa shape index (κ1) is 11.7. The maximum absolute atomic E-state index is 12.5. The molecule has 3 heterocycles. The Bertz CT molecular complexity index is 649. The monoisotopic (exact) mass is 268 g/mol. The molecule has 0 unspecified atom stereocenters. The molecule has 98 valence electrons. The lowest BCUT2D eigenvalue weighted by Gasteiger charge is -2.15. The molecule has 2 aromatic heterocycles. The summed E-state index contributed by atoms with van der Waals surface area (Å²) in [6, 6.07) is 2.98. The van der Waals surface area contributed by atoms with Gasteiger partial charge in [-0.25, -0.2) is 9.97 Å². The van der Waals surface area contributed by atoms with E-state index in [1.807, 2.05) is 0 Å². The van der Waals surface area contributed by atoms with Crippen LogP contribution in [0.4, 0.5) is 19.0 Å². The number of nitrogens with one attached hydrogen (secondary N) is 1. The molecule has 19 heavy (non-hydrogen) atoms. The van der Waals surface area contributed by atoms with E-state index in [9.17, 15) is 18.0 Å². The van der Waals surface area contributed by atoms with E-state index in [1.54, 1.807) is 12.3 Å². The number of alkyl halides is 3. The average molecular weight is 268 g/mol. The molecule has 0 fully saturated rings. The molecule has 1 aliphatic rings. The van der Waals surface area contributed by atoms with Gasteiger partial charge < -0.3 is 4.98 Å². The first-order valence-corrected chi connectivity index (χ1v) is 5.35. The first-order valence-electron chi connectivity index (χ1n) is 5.35. The van der Waals surface area contributed by atoms with Gasteiger partial charge in [0, 0.05) is 18.0 Å². The first-order chi connectivity index (χ1) is 8.97. The number of carbonyl (C=O) groups excluding carboxylic acids is 1. The van der Waals surface area contributed by atoms with Crippen LogP contribution in [0.15, 0.2) is 24.5 Å². The SMILES string of the molecule is O=C1c2[nH]ccc2CN1c1ccnc(C(F)(F)F)n1. The minimum Gasteiger partial charge on any atom is -0.357 e. The Hall–Kier alpha value is -2.38. The van der Waals surface area contributed by atoms with E-state index in [0.29, 0.717) is 5.69 Å². The largest absolute Gasteiger partial charge is 0.451 e. The molecule has 3 rings (SSSR count). The van der Waals surface area contributed by atoms with Crippen LogP contribution in [0.25, 0.3) is 0 Å². The minimum atomic E-state index is -4.63. The second-order valence-corrected chi connectivity index (χ2v) is 4.01. The highest BCUT2D eigenvalue weighted by Crippen LogP contribution is 2.30. The number of aromatic amines is 1. The third-order valence-corrected chi connectivity index (χ3v) is 2.79. The summed E-state index contributed by atoms with van der Waals surface area (Å²) in [7, 11) is 0. The fraction of sp³-hybridized carbons (Fsp3) is 0.182. The van der Waals surface area contributed by atoms with Crippen molar-refractivity contribution in [3.8, 4) is 0 Å². The van der Waals surface area contributed by atoms with Crippen molar-refractivity contribution in [3.63, 3.8) is 0 Å². The number of anilines is 1.